The van der Waals surface area contributed by atoms with Crippen molar-refractivity contribution in [3.8, 4) is 0 Å². The molecule has 6 heteroatoms. The van der Waals surface area contributed by atoms with Gasteiger partial charge in [0.25, 0.3) is 10.2 Å². The molecule has 5 nitrogen and oxygen atoms in total. The van der Waals surface area contributed by atoms with Gasteiger partial charge in [-0.2, -0.15) is 17.0 Å². The van der Waals surface area contributed by atoms with Gasteiger partial charge in [0, 0.05) is 39.3 Å². The maximum Gasteiger partial charge on any atom is 0.282 e. The fraction of sp³-hybridized carbons (Fsp3) is 0.478. The van der Waals surface area contributed by atoms with Crippen LogP contribution in [0.5, 0.6) is 0 Å². The number of hydrogen-bond acceptors (Lipinski definition) is 3. The molecular weight excluding hydrogens is 382 g/mol. The van der Waals surface area contributed by atoms with Crippen molar-refractivity contribution >= 4 is 10.2 Å². The summed E-state index contributed by atoms with van der Waals surface area (Å²) in [5.74, 6) is 0.445. The van der Waals surface area contributed by atoms with Crippen molar-refractivity contribution in [3.63, 3.8) is 0 Å². The van der Waals surface area contributed by atoms with E-state index in [1.807, 2.05) is 12.1 Å². The molecule has 0 unspecified atom stereocenters. The lowest BCUT2D eigenvalue weighted by molar-refractivity contribution is 0.147. The van der Waals surface area contributed by atoms with Crippen LogP contribution in [0.3, 0.4) is 0 Å². The van der Waals surface area contributed by atoms with Crippen molar-refractivity contribution in [1.29, 1.82) is 0 Å². The fourth-order valence-electron chi connectivity index (χ4n) is 4.60. The maximum absolute atomic E-state index is 13.1. The highest BCUT2D eigenvalue weighted by atomic mass is 32.2. The summed E-state index contributed by atoms with van der Waals surface area (Å²) in [6, 6.07) is 21.2. The van der Waals surface area contributed by atoms with Crippen LogP contribution in [-0.2, 0) is 10.2 Å². The Morgan fingerprint density at radius 3 is 1.86 bits per heavy atom. The zero-order valence-electron chi connectivity index (χ0n) is 17.2. The lowest BCUT2D eigenvalue weighted by atomic mass is 9.96. The van der Waals surface area contributed by atoms with E-state index in [0.717, 1.165) is 25.9 Å². The van der Waals surface area contributed by atoms with Gasteiger partial charge in [0.05, 0.1) is 6.04 Å². The Morgan fingerprint density at radius 1 is 0.793 bits per heavy atom. The highest BCUT2D eigenvalue weighted by Crippen LogP contribution is 2.30. The molecule has 156 valence electrons. The van der Waals surface area contributed by atoms with Crippen LogP contribution in [0.2, 0.25) is 0 Å². The standard InChI is InChI=1S/C23H31N3O2S/c1-20-9-8-14-26(19-20)29(27,28)25-17-15-24(16-18-25)23(21-10-4-2-5-11-21)22-12-6-3-7-13-22/h2-7,10-13,20,23H,8-9,14-19H2,1H3/t20-/m1/s1. The second-order valence-corrected chi connectivity index (χ2v) is 10.2. The molecule has 0 aliphatic carbocycles. The molecule has 2 aromatic carbocycles. The molecule has 2 aromatic rings. The smallest absolute Gasteiger partial charge is 0.282 e. The van der Waals surface area contributed by atoms with E-state index in [1.165, 1.54) is 11.1 Å². The molecule has 4 rings (SSSR count). The van der Waals surface area contributed by atoms with Crippen LogP contribution in [0, 0.1) is 5.92 Å². The second-order valence-electron chi connectivity index (χ2n) is 8.27. The molecule has 2 aliphatic heterocycles. The third-order valence-corrected chi connectivity index (χ3v) is 8.14. The summed E-state index contributed by atoms with van der Waals surface area (Å²) in [6.07, 6.45) is 2.08. The SMILES string of the molecule is C[C@@H]1CCCN(S(=O)(=O)N2CCN(C(c3ccccc3)c3ccccc3)CC2)C1. The van der Waals surface area contributed by atoms with Crippen molar-refractivity contribution in [2.24, 2.45) is 5.92 Å². The molecule has 0 radical (unpaired) electrons. The summed E-state index contributed by atoms with van der Waals surface area (Å²) < 4.78 is 29.7. The highest BCUT2D eigenvalue weighted by molar-refractivity contribution is 7.86. The molecular formula is C23H31N3O2S. The molecule has 0 N–H and O–H groups in total. The Labute approximate surface area is 175 Å². The zero-order chi connectivity index (χ0) is 20.3. The van der Waals surface area contributed by atoms with Gasteiger partial charge < -0.3 is 0 Å². The third kappa shape index (κ3) is 4.56. The molecule has 2 saturated heterocycles. The molecule has 2 heterocycles. The molecule has 0 saturated carbocycles. The Morgan fingerprint density at radius 2 is 1.34 bits per heavy atom. The molecule has 1 atom stereocenters. The van der Waals surface area contributed by atoms with E-state index in [-0.39, 0.29) is 6.04 Å². The van der Waals surface area contributed by atoms with Crippen molar-refractivity contribution in [3.05, 3.63) is 71.8 Å². The van der Waals surface area contributed by atoms with E-state index in [2.05, 4.69) is 60.4 Å². The van der Waals surface area contributed by atoms with Gasteiger partial charge in [-0.05, 0) is 29.9 Å². The maximum atomic E-state index is 13.1. The summed E-state index contributed by atoms with van der Waals surface area (Å²) in [6.45, 7) is 6.01. The fourth-order valence-corrected chi connectivity index (χ4v) is 6.35. The van der Waals surface area contributed by atoms with Gasteiger partial charge in [-0.3, -0.25) is 4.90 Å². The van der Waals surface area contributed by atoms with E-state index >= 15 is 0 Å². The Hall–Kier alpha value is -1.73. The van der Waals surface area contributed by atoms with Crippen LogP contribution in [0.15, 0.2) is 60.7 Å². The van der Waals surface area contributed by atoms with E-state index < -0.39 is 10.2 Å². The summed E-state index contributed by atoms with van der Waals surface area (Å²) >= 11 is 0. The van der Waals surface area contributed by atoms with E-state index in [4.69, 9.17) is 0 Å². The number of piperazine rings is 1. The molecule has 0 bridgehead atoms. The normalized spacial score (nSPS) is 22.8. The van der Waals surface area contributed by atoms with Gasteiger partial charge in [0.15, 0.2) is 0 Å². The van der Waals surface area contributed by atoms with Gasteiger partial charge in [-0.1, -0.05) is 67.6 Å². The summed E-state index contributed by atoms with van der Waals surface area (Å²) in [7, 11) is -3.36. The molecule has 2 fully saturated rings. The monoisotopic (exact) mass is 413 g/mol. The first-order chi connectivity index (χ1) is 14.1. The number of piperidine rings is 1. The number of nitrogens with zero attached hydrogens (tertiary/aromatic N) is 3. The first-order valence-corrected chi connectivity index (χ1v) is 12.0. The van der Waals surface area contributed by atoms with Crippen LogP contribution in [0.25, 0.3) is 0 Å². The van der Waals surface area contributed by atoms with Gasteiger partial charge >= 0.3 is 0 Å². The Balaban J connectivity index is 1.50. The van der Waals surface area contributed by atoms with Gasteiger partial charge in [0.1, 0.15) is 0 Å². The van der Waals surface area contributed by atoms with Crippen LogP contribution in [-0.4, -0.2) is 61.2 Å². The molecule has 0 aromatic heterocycles. The van der Waals surface area contributed by atoms with Crippen molar-refractivity contribution in [1.82, 2.24) is 13.5 Å². The first-order valence-electron chi connectivity index (χ1n) is 10.6. The predicted molar refractivity (Wildman–Crippen MR) is 117 cm³/mol. The average molecular weight is 414 g/mol. The number of benzene rings is 2. The lowest BCUT2D eigenvalue weighted by Crippen LogP contribution is -2.55. The van der Waals surface area contributed by atoms with Crippen LogP contribution in [0.4, 0.5) is 0 Å². The minimum atomic E-state index is -3.36. The number of hydrogen-bond donors (Lipinski definition) is 0. The molecule has 29 heavy (non-hydrogen) atoms. The molecule has 0 amide bonds. The summed E-state index contributed by atoms with van der Waals surface area (Å²) in [5, 5.41) is 0. The highest BCUT2D eigenvalue weighted by Gasteiger charge is 2.36. The minimum absolute atomic E-state index is 0.150. The molecule has 2 aliphatic rings. The average Bonchev–Trinajstić information content (AvgIpc) is 2.76. The minimum Gasteiger partial charge on any atom is -0.290 e. The van der Waals surface area contributed by atoms with Gasteiger partial charge in [-0.25, -0.2) is 0 Å². The van der Waals surface area contributed by atoms with Gasteiger partial charge in [0.2, 0.25) is 0 Å². The van der Waals surface area contributed by atoms with Crippen molar-refractivity contribution in [2.45, 2.75) is 25.8 Å². The van der Waals surface area contributed by atoms with Gasteiger partial charge in [-0.15, -0.1) is 0 Å². The first kappa shape index (κ1) is 20.5. The third-order valence-electron chi connectivity index (χ3n) is 6.14. The van der Waals surface area contributed by atoms with E-state index in [0.29, 0.717) is 32.1 Å². The quantitative estimate of drug-likeness (QED) is 0.755. The van der Waals surface area contributed by atoms with Crippen molar-refractivity contribution in [2.75, 3.05) is 39.3 Å². The molecule has 0 spiro atoms. The number of rotatable bonds is 5. The largest absolute Gasteiger partial charge is 0.290 e. The Bertz CT molecular complexity index is 841. The Kier molecular flexibility index (Phi) is 6.35. The lowest BCUT2D eigenvalue weighted by Gasteiger charge is -2.41. The van der Waals surface area contributed by atoms with Crippen LogP contribution < -0.4 is 0 Å². The van der Waals surface area contributed by atoms with Crippen molar-refractivity contribution < 1.29 is 8.42 Å². The summed E-state index contributed by atoms with van der Waals surface area (Å²) in [5.41, 5.74) is 2.50. The second kappa shape index (κ2) is 8.96. The topological polar surface area (TPSA) is 43.9 Å². The predicted octanol–water partition coefficient (Wildman–Crippen LogP) is 3.37. The van der Waals surface area contributed by atoms with Crippen LogP contribution >= 0.6 is 0 Å². The van der Waals surface area contributed by atoms with E-state index in [9.17, 15) is 8.42 Å². The zero-order valence-corrected chi connectivity index (χ0v) is 18.0. The van der Waals surface area contributed by atoms with Crippen LogP contribution in [0.1, 0.15) is 36.9 Å². The summed E-state index contributed by atoms with van der Waals surface area (Å²) in [4.78, 5) is 2.41. The van der Waals surface area contributed by atoms with E-state index in [1.54, 1.807) is 8.61 Å².